The van der Waals surface area contributed by atoms with Crippen LogP contribution < -0.4 is 5.32 Å². The van der Waals surface area contributed by atoms with Crippen molar-refractivity contribution < 1.29 is 4.79 Å². The van der Waals surface area contributed by atoms with E-state index in [0.29, 0.717) is 11.5 Å². The number of hydrogen-bond donors (Lipinski definition) is 1. The third kappa shape index (κ3) is 4.84. The number of likely N-dealkylation sites (tertiary alicyclic amines) is 1. The molecule has 0 spiro atoms. The third-order valence-corrected chi connectivity index (χ3v) is 5.16. The zero-order chi connectivity index (χ0) is 19.2. The van der Waals surface area contributed by atoms with Crippen LogP contribution in [0.4, 0.5) is 5.69 Å². The summed E-state index contributed by atoms with van der Waals surface area (Å²) in [5.41, 5.74) is 2.61. The molecule has 144 valence electrons. The number of nitrogens with zero attached hydrogens (tertiary/aromatic N) is 4. The van der Waals surface area contributed by atoms with Crippen LogP contribution in [-0.2, 0) is 13.1 Å². The number of nitrogens with one attached hydrogen (secondary N) is 1. The van der Waals surface area contributed by atoms with E-state index in [2.05, 4.69) is 30.8 Å². The minimum absolute atomic E-state index is 0.0929. The molecule has 28 heavy (non-hydrogen) atoms. The number of imidazole rings is 1. The molecule has 0 bridgehead atoms. The third-order valence-electron chi connectivity index (χ3n) is 5.16. The maximum Gasteiger partial charge on any atom is 0.255 e. The lowest BCUT2D eigenvalue weighted by molar-refractivity contribution is 0.102. The predicted molar refractivity (Wildman–Crippen MR) is 109 cm³/mol. The maximum absolute atomic E-state index is 12.5. The monoisotopic (exact) mass is 375 g/mol. The van der Waals surface area contributed by atoms with Crippen molar-refractivity contribution in [3.8, 4) is 0 Å². The summed E-state index contributed by atoms with van der Waals surface area (Å²) in [7, 11) is 0. The molecule has 1 N–H and O–H groups in total. The van der Waals surface area contributed by atoms with Gasteiger partial charge in [0.1, 0.15) is 0 Å². The average Bonchev–Trinajstić information content (AvgIpc) is 3.22. The quantitative estimate of drug-likeness (QED) is 0.717. The van der Waals surface area contributed by atoms with E-state index in [9.17, 15) is 4.79 Å². The van der Waals surface area contributed by atoms with Gasteiger partial charge in [0, 0.05) is 55.7 Å². The van der Waals surface area contributed by atoms with E-state index in [1.54, 1.807) is 24.5 Å². The highest BCUT2D eigenvalue weighted by Crippen LogP contribution is 2.21. The van der Waals surface area contributed by atoms with Crippen LogP contribution in [0, 0.1) is 5.92 Å². The summed E-state index contributed by atoms with van der Waals surface area (Å²) in [4.78, 5) is 23.1. The van der Waals surface area contributed by atoms with Gasteiger partial charge in [-0.1, -0.05) is 12.1 Å². The second-order valence-corrected chi connectivity index (χ2v) is 7.39. The molecule has 1 atom stereocenters. The molecule has 2 aromatic heterocycles. The summed E-state index contributed by atoms with van der Waals surface area (Å²) in [6.07, 6.45) is 11.6. The molecule has 3 aromatic rings. The van der Waals surface area contributed by atoms with Gasteiger partial charge in [-0.3, -0.25) is 14.7 Å². The zero-order valence-electron chi connectivity index (χ0n) is 15.9. The number of piperidine rings is 1. The van der Waals surface area contributed by atoms with Crippen molar-refractivity contribution in [2.45, 2.75) is 25.9 Å². The highest BCUT2D eigenvalue weighted by molar-refractivity contribution is 6.04. The van der Waals surface area contributed by atoms with Gasteiger partial charge in [0.05, 0.1) is 6.33 Å². The SMILES string of the molecule is O=C(Nc1ccncc1)c1cccc(CN2CCCC(Cn3ccnc3)C2)c1. The average molecular weight is 375 g/mol. The Morgan fingerprint density at radius 2 is 2.04 bits per heavy atom. The number of amides is 1. The molecule has 1 amide bonds. The van der Waals surface area contributed by atoms with Gasteiger partial charge >= 0.3 is 0 Å². The lowest BCUT2D eigenvalue weighted by atomic mass is 9.97. The standard InChI is InChI=1S/C22H25N5O/c28-22(25-21-6-8-23-9-7-21)20-5-1-3-18(13-20)14-26-11-2-4-19(15-26)16-27-12-10-24-17-27/h1,3,5-10,12-13,17,19H,2,4,11,14-16H2,(H,23,25,28). The van der Waals surface area contributed by atoms with Crippen molar-refractivity contribution in [3.63, 3.8) is 0 Å². The molecular weight excluding hydrogens is 350 g/mol. The van der Waals surface area contributed by atoms with Gasteiger partial charge in [-0.25, -0.2) is 4.98 Å². The molecule has 3 heterocycles. The number of carbonyl (C=O) groups is 1. The van der Waals surface area contributed by atoms with Gasteiger partial charge in [-0.15, -0.1) is 0 Å². The molecule has 1 aliphatic heterocycles. The van der Waals surface area contributed by atoms with E-state index >= 15 is 0 Å². The Morgan fingerprint density at radius 1 is 1.14 bits per heavy atom. The van der Waals surface area contributed by atoms with Gasteiger partial charge < -0.3 is 9.88 Å². The van der Waals surface area contributed by atoms with Gasteiger partial charge in [0.15, 0.2) is 0 Å². The van der Waals surface area contributed by atoms with Gasteiger partial charge in [0.2, 0.25) is 0 Å². The number of anilines is 1. The minimum atomic E-state index is -0.0929. The first-order chi connectivity index (χ1) is 13.8. The van der Waals surface area contributed by atoms with E-state index in [0.717, 1.165) is 31.9 Å². The van der Waals surface area contributed by atoms with E-state index in [-0.39, 0.29) is 5.91 Å². The van der Waals surface area contributed by atoms with Crippen LogP contribution in [0.1, 0.15) is 28.8 Å². The van der Waals surface area contributed by atoms with Crippen LogP contribution in [0.2, 0.25) is 0 Å². The Morgan fingerprint density at radius 3 is 2.86 bits per heavy atom. The number of benzene rings is 1. The van der Waals surface area contributed by atoms with E-state index < -0.39 is 0 Å². The fourth-order valence-electron chi connectivity index (χ4n) is 3.84. The Hall–Kier alpha value is -2.99. The number of hydrogen-bond acceptors (Lipinski definition) is 4. The Bertz CT molecular complexity index is 894. The minimum Gasteiger partial charge on any atom is -0.337 e. The second-order valence-electron chi connectivity index (χ2n) is 7.39. The summed E-state index contributed by atoms with van der Waals surface area (Å²) >= 11 is 0. The predicted octanol–water partition coefficient (Wildman–Crippen LogP) is 3.44. The van der Waals surface area contributed by atoms with Crippen LogP contribution in [0.3, 0.4) is 0 Å². The van der Waals surface area contributed by atoms with Crippen LogP contribution in [0.15, 0.2) is 67.5 Å². The van der Waals surface area contributed by atoms with Gasteiger partial charge in [0.25, 0.3) is 5.91 Å². The molecule has 1 aliphatic rings. The smallest absolute Gasteiger partial charge is 0.255 e. The molecule has 1 saturated heterocycles. The topological polar surface area (TPSA) is 63.1 Å². The summed E-state index contributed by atoms with van der Waals surface area (Å²) in [6, 6.07) is 11.5. The molecule has 0 aliphatic carbocycles. The summed E-state index contributed by atoms with van der Waals surface area (Å²) in [6.45, 7) is 4.07. The van der Waals surface area contributed by atoms with Gasteiger partial charge in [-0.2, -0.15) is 0 Å². The molecule has 6 nitrogen and oxygen atoms in total. The normalized spacial score (nSPS) is 17.4. The maximum atomic E-state index is 12.5. The highest BCUT2D eigenvalue weighted by Gasteiger charge is 2.20. The fourth-order valence-corrected chi connectivity index (χ4v) is 3.84. The number of pyridine rings is 1. The first-order valence-electron chi connectivity index (χ1n) is 9.75. The van der Waals surface area contributed by atoms with Crippen molar-refractivity contribution >= 4 is 11.6 Å². The van der Waals surface area contributed by atoms with Crippen molar-refractivity contribution in [2.75, 3.05) is 18.4 Å². The number of aromatic nitrogens is 3. The Labute approximate surface area is 165 Å². The molecule has 1 aromatic carbocycles. The molecule has 1 unspecified atom stereocenters. The van der Waals surface area contributed by atoms with Crippen LogP contribution in [-0.4, -0.2) is 38.4 Å². The van der Waals surface area contributed by atoms with E-state index in [1.165, 1.54) is 18.4 Å². The Kier molecular flexibility index (Phi) is 5.77. The molecule has 1 fully saturated rings. The summed E-state index contributed by atoms with van der Waals surface area (Å²) < 4.78 is 2.16. The molecule has 4 rings (SSSR count). The Balaban J connectivity index is 1.37. The van der Waals surface area contributed by atoms with E-state index in [4.69, 9.17) is 0 Å². The molecule has 0 radical (unpaired) electrons. The van der Waals surface area contributed by atoms with Crippen LogP contribution >= 0.6 is 0 Å². The van der Waals surface area contributed by atoms with Crippen molar-refractivity contribution in [2.24, 2.45) is 5.92 Å². The summed E-state index contributed by atoms with van der Waals surface area (Å²) in [5.74, 6) is 0.547. The van der Waals surface area contributed by atoms with Crippen molar-refractivity contribution in [3.05, 3.63) is 78.6 Å². The molecular formula is C22H25N5O. The van der Waals surface area contributed by atoms with Gasteiger partial charge in [-0.05, 0) is 55.1 Å². The van der Waals surface area contributed by atoms with E-state index in [1.807, 2.05) is 36.9 Å². The highest BCUT2D eigenvalue weighted by atomic mass is 16.1. The lowest BCUT2D eigenvalue weighted by Gasteiger charge is -2.33. The molecule has 6 heteroatoms. The lowest BCUT2D eigenvalue weighted by Crippen LogP contribution is -2.36. The van der Waals surface area contributed by atoms with Crippen LogP contribution in [0.25, 0.3) is 0 Å². The number of carbonyl (C=O) groups excluding carboxylic acids is 1. The van der Waals surface area contributed by atoms with Crippen molar-refractivity contribution in [1.29, 1.82) is 0 Å². The molecule has 0 saturated carbocycles. The number of rotatable bonds is 6. The summed E-state index contributed by atoms with van der Waals surface area (Å²) in [5, 5.41) is 2.92. The fraction of sp³-hybridized carbons (Fsp3) is 0.318. The largest absolute Gasteiger partial charge is 0.337 e. The van der Waals surface area contributed by atoms with Crippen molar-refractivity contribution in [1.82, 2.24) is 19.4 Å². The van der Waals surface area contributed by atoms with Crippen LogP contribution in [0.5, 0.6) is 0 Å². The zero-order valence-corrected chi connectivity index (χ0v) is 15.9. The second kappa shape index (κ2) is 8.80. The first kappa shape index (κ1) is 18.4. The first-order valence-corrected chi connectivity index (χ1v) is 9.75.